The summed E-state index contributed by atoms with van der Waals surface area (Å²) in [6.07, 6.45) is 7.16. The van der Waals surface area contributed by atoms with Crippen LogP contribution in [-0.2, 0) is 14.3 Å². The zero-order valence-electron chi connectivity index (χ0n) is 15.9. The molecule has 1 aromatic carbocycles. The van der Waals surface area contributed by atoms with Crippen molar-refractivity contribution in [3.05, 3.63) is 29.8 Å². The summed E-state index contributed by atoms with van der Waals surface area (Å²) in [5.41, 5.74) is 1.05. The minimum Gasteiger partial charge on any atom is -0.449 e. The molecule has 6 heteroatoms. The average molecular weight is 372 g/mol. The van der Waals surface area contributed by atoms with Gasteiger partial charge in [-0.25, -0.2) is 4.79 Å². The predicted octanol–water partition coefficient (Wildman–Crippen LogP) is 3.20. The summed E-state index contributed by atoms with van der Waals surface area (Å²) < 4.78 is 5.36. The zero-order valence-corrected chi connectivity index (χ0v) is 15.9. The fourth-order valence-corrected chi connectivity index (χ4v) is 3.75. The number of anilines is 1. The molecule has 1 saturated carbocycles. The van der Waals surface area contributed by atoms with Crippen molar-refractivity contribution in [3.8, 4) is 0 Å². The van der Waals surface area contributed by atoms with E-state index in [4.69, 9.17) is 4.74 Å². The fraction of sp³-hybridized carbons (Fsp3) is 0.571. The molecule has 27 heavy (non-hydrogen) atoms. The minimum atomic E-state index is -0.849. The second-order valence-corrected chi connectivity index (χ2v) is 7.44. The first kappa shape index (κ1) is 19.4. The molecule has 1 heterocycles. The first-order valence-corrected chi connectivity index (χ1v) is 9.96. The largest absolute Gasteiger partial charge is 0.449 e. The lowest BCUT2D eigenvalue weighted by Gasteiger charge is -2.20. The van der Waals surface area contributed by atoms with Gasteiger partial charge in [0.25, 0.3) is 5.91 Å². The summed E-state index contributed by atoms with van der Waals surface area (Å²) >= 11 is 0. The van der Waals surface area contributed by atoms with Crippen molar-refractivity contribution >= 4 is 23.5 Å². The molecule has 0 radical (unpaired) electrons. The highest BCUT2D eigenvalue weighted by Gasteiger charge is 2.25. The van der Waals surface area contributed by atoms with Crippen molar-refractivity contribution in [2.75, 3.05) is 11.4 Å². The Balaban J connectivity index is 1.57. The van der Waals surface area contributed by atoms with Crippen molar-refractivity contribution in [1.82, 2.24) is 5.32 Å². The quantitative estimate of drug-likeness (QED) is 0.636. The summed E-state index contributed by atoms with van der Waals surface area (Å²) in [5.74, 6) is -0.732. The third-order valence-corrected chi connectivity index (χ3v) is 5.32. The van der Waals surface area contributed by atoms with Gasteiger partial charge in [-0.05, 0) is 44.4 Å². The topological polar surface area (TPSA) is 75.7 Å². The number of nitrogens with zero attached hydrogens (tertiary/aromatic N) is 1. The molecular weight excluding hydrogens is 344 g/mol. The Bertz CT molecular complexity index is 695. The maximum Gasteiger partial charge on any atom is 0.338 e. The van der Waals surface area contributed by atoms with Crippen molar-refractivity contribution in [2.45, 2.75) is 70.4 Å². The molecule has 3 rings (SSSR count). The van der Waals surface area contributed by atoms with Crippen LogP contribution in [0.3, 0.4) is 0 Å². The van der Waals surface area contributed by atoms with Crippen molar-refractivity contribution in [2.24, 2.45) is 0 Å². The number of esters is 1. The molecule has 1 aromatic rings. The van der Waals surface area contributed by atoms with E-state index in [0.29, 0.717) is 24.2 Å². The molecule has 1 N–H and O–H groups in total. The maximum absolute atomic E-state index is 12.4. The van der Waals surface area contributed by atoms with E-state index in [-0.39, 0.29) is 17.9 Å². The summed E-state index contributed by atoms with van der Waals surface area (Å²) in [5, 5.41) is 3.01. The third-order valence-electron chi connectivity index (χ3n) is 5.32. The molecule has 2 fully saturated rings. The van der Waals surface area contributed by atoms with Crippen LogP contribution in [0.2, 0.25) is 0 Å². The molecule has 1 saturated heterocycles. The van der Waals surface area contributed by atoms with E-state index < -0.39 is 12.1 Å². The molecule has 1 aliphatic heterocycles. The standard InChI is InChI=1S/C21H28N2O4/c1-15(20(25)22-17-9-4-2-3-5-10-17)27-21(26)16-8-6-11-18(14-16)23-13-7-12-19(23)24/h6,8,11,14-15,17H,2-5,7,9-10,12-13H2,1H3,(H,22,25)/t15-/m0/s1. The Kier molecular flexibility index (Phi) is 6.48. The van der Waals surface area contributed by atoms with E-state index in [1.165, 1.54) is 12.8 Å². The summed E-state index contributed by atoms with van der Waals surface area (Å²) in [4.78, 5) is 38.4. The third kappa shape index (κ3) is 5.08. The highest BCUT2D eigenvalue weighted by atomic mass is 16.5. The molecule has 1 aliphatic carbocycles. The van der Waals surface area contributed by atoms with Gasteiger partial charge in [0.1, 0.15) is 0 Å². The highest BCUT2D eigenvalue weighted by molar-refractivity contribution is 5.98. The lowest BCUT2D eigenvalue weighted by molar-refractivity contribution is -0.129. The number of amides is 2. The monoisotopic (exact) mass is 372 g/mol. The second-order valence-electron chi connectivity index (χ2n) is 7.44. The van der Waals surface area contributed by atoms with Gasteiger partial charge in [0.05, 0.1) is 5.56 Å². The van der Waals surface area contributed by atoms with Crippen LogP contribution in [-0.4, -0.2) is 36.5 Å². The van der Waals surface area contributed by atoms with Gasteiger partial charge in [0.2, 0.25) is 5.91 Å². The molecule has 1 atom stereocenters. The van der Waals surface area contributed by atoms with Crippen molar-refractivity contribution in [3.63, 3.8) is 0 Å². The highest BCUT2D eigenvalue weighted by Crippen LogP contribution is 2.23. The molecule has 0 unspecified atom stereocenters. The number of carbonyl (C=O) groups excluding carboxylic acids is 3. The second kappa shape index (κ2) is 9.02. The Morgan fingerprint density at radius 2 is 1.89 bits per heavy atom. The number of carbonyl (C=O) groups is 3. The van der Waals surface area contributed by atoms with Gasteiger partial charge in [0, 0.05) is 24.7 Å². The van der Waals surface area contributed by atoms with Crippen LogP contribution < -0.4 is 10.2 Å². The van der Waals surface area contributed by atoms with Gasteiger partial charge in [-0.1, -0.05) is 31.7 Å². The number of benzene rings is 1. The maximum atomic E-state index is 12.4. The van der Waals surface area contributed by atoms with Crippen molar-refractivity contribution in [1.29, 1.82) is 0 Å². The summed E-state index contributed by atoms with van der Waals surface area (Å²) in [6, 6.07) is 7.01. The minimum absolute atomic E-state index is 0.0664. The van der Waals surface area contributed by atoms with Gasteiger partial charge in [-0.2, -0.15) is 0 Å². The zero-order chi connectivity index (χ0) is 19.2. The molecule has 6 nitrogen and oxygen atoms in total. The van der Waals surface area contributed by atoms with E-state index in [9.17, 15) is 14.4 Å². The Labute approximate surface area is 160 Å². The predicted molar refractivity (Wildman–Crippen MR) is 103 cm³/mol. The molecule has 2 amide bonds. The Morgan fingerprint density at radius 3 is 2.56 bits per heavy atom. The van der Waals surface area contributed by atoms with E-state index >= 15 is 0 Å². The van der Waals surface area contributed by atoms with Crippen LogP contribution in [0.25, 0.3) is 0 Å². The van der Waals surface area contributed by atoms with Crippen LogP contribution in [0.15, 0.2) is 24.3 Å². The normalized spacial score (nSPS) is 19.4. The molecule has 0 bridgehead atoms. The van der Waals surface area contributed by atoms with E-state index in [0.717, 1.165) is 32.1 Å². The van der Waals surface area contributed by atoms with E-state index in [1.807, 2.05) is 6.07 Å². The first-order valence-electron chi connectivity index (χ1n) is 9.96. The van der Waals surface area contributed by atoms with Crippen LogP contribution in [0.1, 0.15) is 68.6 Å². The lowest BCUT2D eigenvalue weighted by Crippen LogP contribution is -2.41. The molecular formula is C21H28N2O4. The lowest BCUT2D eigenvalue weighted by atomic mass is 10.1. The molecule has 146 valence electrons. The number of hydrogen-bond donors (Lipinski definition) is 1. The molecule has 0 spiro atoms. The summed E-state index contributed by atoms with van der Waals surface area (Å²) in [7, 11) is 0. The number of hydrogen-bond acceptors (Lipinski definition) is 4. The number of rotatable bonds is 5. The van der Waals surface area contributed by atoms with E-state index in [1.54, 1.807) is 30.0 Å². The van der Waals surface area contributed by atoms with Gasteiger partial charge in [-0.15, -0.1) is 0 Å². The smallest absolute Gasteiger partial charge is 0.338 e. The Morgan fingerprint density at radius 1 is 1.15 bits per heavy atom. The summed E-state index contributed by atoms with van der Waals surface area (Å²) in [6.45, 7) is 2.26. The van der Waals surface area contributed by atoms with Crippen LogP contribution in [0, 0.1) is 0 Å². The molecule has 0 aromatic heterocycles. The van der Waals surface area contributed by atoms with Gasteiger partial charge in [0.15, 0.2) is 6.10 Å². The van der Waals surface area contributed by atoms with E-state index in [2.05, 4.69) is 5.32 Å². The first-order chi connectivity index (χ1) is 13.0. The average Bonchev–Trinajstić information content (AvgIpc) is 2.93. The van der Waals surface area contributed by atoms with Crippen LogP contribution >= 0.6 is 0 Å². The molecule has 2 aliphatic rings. The van der Waals surface area contributed by atoms with Gasteiger partial charge in [-0.3, -0.25) is 9.59 Å². The number of nitrogens with one attached hydrogen (secondary N) is 1. The van der Waals surface area contributed by atoms with Gasteiger partial charge >= 0.3 is 5.97 Å². The van der Waals surface area contributed by atoms with Crippen LogP contribution in [0.4, 0.5) is 5.69 Å². The SMILES string of the molecule is C[C@H](OC(=O)c1cccc(N2CCCC2=O)c1)C(=O)NC1CCCCCC1. The van der Waals surface area contributed by atoms with Crippen LogP contribution in [0.5, 0.6) is 0 Å². The number of ether oxygens (including phenoxy) is 1. The fourth-order valence-electron chi connectivity index (χ4n) is 3.75. The van der Waals surface area contributed by atoms with Gasteiger partial charge < -0.3 is 15.0 Å². The Hall–Kier alpha value is -2.37. The van der Waals surface area contributed by atoms with Crippen molar-refractivity contribution < 1.29 is 19.1 Å².